The number of ether oxygens (including phenoxy) is 2. The fraction of sp³-hybridized carbons (Fsp3) is 0.105. The van der Waals surface area contributed by atoms with Crippen molar-refractivity contribution in [1.82, 2.24) is 0 Å². The number of hydrogen-bond donors (Lipinski definition) is 1. The third-order valence-electron chi connectivity index (χ3n) is 3.76. The van der Waals surface area contributed by atoms with Gasteiger partial charge < -0.3 is 14.8 Å². The first-order chi connectivity index (χ1) is 12.2. The summed E-state index contributed by atoms with van der Waals surface area (Å²) in [4.78, 5) is 13.9. The molecule has 1 aromatic heterocycles. The summed E-state index contributed by atoms with van der Waals surface area (Å²) in [6.45, 7) is 1.02. The van der Waals surface area contributed by atoms with Gasteiger partial charge in [-0.25, -0.2) is 4.39 Å². The Labute approximate surface area is 147 Å². The predicted octanol–water partition coefficient (Wildman–Crippen LogP) is 4.58. The lowest BCUT2D eigenvalue weighted by Gasteiger charge is -2.18. The molecule has 126 valence electrons. The van der Waals surface area contributed by atoms with Gasteiger partial charge in [-0.1, -0.05) is 12.1 Å². The number of nitrogens with one attached hydrogen (secondary N) is 1. The Bertz CT molecular complexity index is 921. The van der Waals surface area contributed by atoms with E-state index in [1.54, 1.807) is 36.4 Å². The van der Waals surface area contributed by atoms with Crippen molar-refractivity contribution in [2.45, 2.75) is 0 Å². The van der Waals surface area contributed by atoms with Gasteiger partial charge in [0.15, 0.2) is 11.5 Å². The summed E-state index contributed by atoms with van der Waals surface area (Å²) in [6.07, 6.45) is 0. The quantitative estimate of drug-likeness (QED) is 0.748. The molecule has 0 aliphatic carbocycles. The van der Waals surface area contributed by atoms with Crippen LogP contribution in [0, 0.1) is 5.82 Å². The van der Waals surface area contributed by atoms with Crippen LogP contribution in [0.15, 0.2) is 54.6 Å². The van der Waals surface area contributed by atoms with Crippen LogP contribution in [0.1, 0.15) is 9.67 Å². The maximum absolute atomic E-state index is 13.0. The normalized spacial score (nSPS) is 12.7. The molecule has 0 unspecified atom stereocenters. The molecule has 25 heavy (non-hydrogen) atoms. The highest BCUT2D eigenvalue weighted by atomic mass is 32.1. The van der Waals surface area contributed by atoms with Crippen LogP contribution in [0.3, 0.4) is 0 Å². The van der Waals surface area contributed by atoms with E-state index in [0.29, 0.717) is 35.3 Å². The smallest absolute Gasteiger partial charge is 0.265 e. The van der Waals surface area contributed by atoms with Gasteiger partial charge in [0.25, 0.3) is 5.91 Å². The average molecular weight is 355 g/mol. The molecule has 1 N–H and O–H groups in total. The van der Waals surface area contributed by atoms with Crippen molar-refractivity contribution in [2.24, 2.45) is 0 Å². The summed E-state index contributed by atoms with van der Waals surface area (Å²) < 4.78 is 24.0. The van der Waals surface area contributed by atoms with Crippen LogP contribution in [0.5, 0.6) is 11.5 Å². The molecule has 1 aliphatic rings. The highest BCUT2D eigenvalue weighted by Crippen LogP contribution is 2.33. The van der Waals surface area contributed by atoms with E-state index in [4.69, 9.17) is 9.47 Å². The van der Waals surface area contributed by atoms with Crippen LogP contribution < -0.4 is 14.8 Å². The van der Waals surface area contributed by atoms with E-state index in [1.165, 1.54) is 23.5 Å². The minimum absolute atomic E-state index is 0.199. The maximum atomic E-state index is 13.0. The van der Waals surface area contributed by atoms with Gasteiger partial charge in [-0.05, 0) is 42.0 Å². The highest BCUT2D eigenvalue weighted by Gasteiger charge is 2.15. The third kappa shape index (κ3) is 3.34. The third-order valence-corrected chi connectivity index (χ3v) is 4.89. The Hall–Kier alpha value is -2.86. The van der Waals surface area contributed by atoms with Crippen molar-refractivity contribution in [3.8, 4) is 21.9 Å². The van der Waals surface area contributed by atoms with Gasteiger partial charge in [0.1, 0.15) is 19.0 Å². The number of rotatable bonds is 3. The van der Waals surface area contributed by atoms with E-state index in [9.17, 15) is 9.18 Å². The molecule has 0 atom stereocenters. The summed E-state index contributed by atoms with van der Waals surface area (Å²) in [7, 11) is 0. The Balaban J connectivity index is 1.51. The molecule has 1 aliphatic heterocycles. The number of anilines is 1. The number of thiophene rings is 1. The summed E-state index contributed by atoms with van der Waals surface area (Å²) >= 11 is 1.36. The van der Waals surface area contributed by atoms with Crippen LogP contribution in [0.25, 0.3) is 10.4 Å². The first-order valence-corrected chi connectivity index (χ1v) is 8.57. The first-order valence-electron chi connectivity index (χ1n) is 7.76. The van der Waals surface area contributed by atoms with Gasteiger partial charge in [0.2, 0.25) is 0 Å². The van der Waals surface area contributed by atoms with Crippen molar-refractivity contribution in [3.05, 3.63) is 65.3 Å². The molecule has 0 saturated carbocycles. The van der Waals surface area contributed by atoms with Gasteiger partial charge in [0, 0.05) is 16.6 Å². The minimum atomic E-state index is -0.281. The van der Waals surface area contributed by atoms with E-state index in [0.717, 1.165) is 10.4 Å². The number of carbonyl (C=O) groups excluding carboxylic acids is 1. The molecule has 0 spiro atoms. The van der Waals surface area contributed by atoms with Gasteiger partial charge in [-0.15, -0.1) is 11.3 Å². The molecular weight excluding hydrogens is 341 g/mol. The highest BCUT2D eigenvalue weighted by molar-refractivity contribution is 7.17. The molecule has 0 radical (unpaired) electrons. The number of hydrogen-bond acceptors (Lipinski definition) is 4. The standard InChI is InChI=1S/C19H14FNO3S/c20-13-3-1-12(2-4-13)17-7-8-18(25-17)19(22)21-14-5-6-15-16(11-14)24-10-9-23-15/h1-8,11H,9-10H2,(H,21,22). The summed E-state index contributed by atoms with van der Waals surface area (Å²) in [5.41, 5.74) is 1.52. The van der Waals surface area contributed by atoms with Crippen molar-refractivity contribution >= 4 is 22.9 Å². The van der Waals surface area contributed by atoms with Crippen LogP contribution in [-0.2, 0) is 0 Å². The molecule has 2 heterocycles. The molecule has 1 amide bonds. The fourth-order valence-corrected chi connectivity index (χ4v) is 3.45. The first kappa shape index (κ1) is 15.7. The van der Waals surface area contributed by atoms with E-state index < -0.39 is 0 Å². The SMILES string of the molecule is O=C(Nc1ccc2c(c1)OCCO2)c1ccc(-c2ccc(F)cc2)s1. The van der Waals surface area contributed by atoms with E-state index >= 15 is 0 Å². The van der Waals surface area contributed by atoms with E-state index in [-0.39, 0.29) is 11.7 Å². The van der Waals surface area contributed by atoms with Gasteiger partial charge in [-0.3, -0.25) is 4.79 Å². The molecule has 3 aromatic rings. The zero-order valence-electron chi connectivity index (χ0n) is 13.1. The van der Waals surface area contributed by atoms with Crippen molar-refractivity contribution in [2.75, 3.05) is 18.5 Å². The largest absolute Gasteiger partial charge is 0.486 e. The maximum Gasteiger partial charge on any atom is 0.265 e. The molecule has 2 aromatic carbocycles. The lowest BCUT2D eigenvalue weighted by atomic mass is 10.2. The molecule has 0 bridgehead atoms. The van der Waals surface area contributed by atoms with Crippen molar-refractivity contribution < 1.29 is 18.7 Å². The summed E-state index contributed by atoms with van der Waals surface area (Å²) in [5, 5.41) is 2.86. The Kier molecular flexibility index (Phi) is 4.11. The number of carbonyl (C=O) groups is 1. The zero-order valence-corrected chi connectivity index (χ0v) is 13.9. The second kappa shape index (κ2) is 6.57. The predicted molar refractivity (Wildman–Crippen MR) is 95.1 cm³/mol. The number of halogens is 1. The zero-order chi connectivity index (χ0) is 17.2. The minimum Gasteiger partial charge on any atom is -0.486 e. The van der Waals surface area contributed by atoms with Crippen molar-refractivity contribution in [3.63, 3.8) is 0 Å². The molecule has 4 nitrogen and oxygen atoms in total. The van der Waals surface area contributed by atoms with E-state index in [1.807, 2.05) is 6.07 Å². The second-order valence-corrected chi connectivity index (χ2v) is 6.57. The lowest BCUT2D eigenvalue weighted by Crippen LogP contribution is -2.16. The monoisotopic (exact) mass is 355 g/mol. The van der Waals surface area contributed by atoms with Crippen LogP contribution in [-0.4, -0.2) is 19.1 Å². The second-order valence-electron chi connectivity index (χ2n) is 5.48. The van der Waals surface area contributed by atoms with Gasteiger partial charge in [-0.2, -0.15) is 0 Å². The molecule has 0 fully saturated rings. The van der Waals surface area contributed by atoms with Gasteiger partial charge >= 0.3 is 0 Å². The number of amides is 1. The average Bonchev–Trinajstić information content (AvgIpc) is 3.12. The summed E-state index contributed by atoms with van der Waals surface area (Å²) in [5.74, 6) is 0.827. The molecule has 6 heteroatoms. The Morgan fingerprint density at radius 1 is 0.960 bits per heavy atom. The van der Waals surface area contributed by atoms with Crippen LogP contribution in [0.4, 0.5) is 10.1 Å². The fourth-order valence-electron chi connectivity index (χ4n) is 2.54. The molecule has 0 saturated heterocycles. The van der Waals surface area contributed by atoms with Crippen LogP contribution >= 0.6 is 11.3 Å². The number of benzene rings is 2. The topological polar surface area (TPSA) is 47.6 Å². The summed E-state index contributed by atoms with van der Waals surface area (Å²) in [6, 6.07) is 15.1. The number of fused-ring (bicyclic) bond motifs is 1. The Morgan fingerprint density at radius 3 is 2.52 bits per heavy atom. The van der Waals surface area contributed by atoms with Gasteiger partial charge in [0.05, 0.1) is 4.88 Å². The van der Waals surface area contributed by atoms with E-state index in [2.05, 4.69) is 5.32 Å². The molecule has 4 rings (SSSR count). The molecular formula is C19H14FNO3S. The van der Waals surface area contributed by atoms with Crippen molar-refractivity contribution in [1.29, 1.82) is 0 Å². The lowest BCUT2D eigenvalue weighted by molar-refractivity contribution is 0.103. The van der Waals surface area contributed by atoms with Crippen LogP contribution in [0.2, 0.25) is 0 Å². The Morgan fingerprint density at radius 2 is 1.72 bits per heavy atom.